The SMILES string of the molecule is COc1ccc(OC2CCCN(C(=O)c3cc[nH]c(=O)c3)C2)nn1. The Hall–Kier alpha value is -2.90. The van der Waals surface area contributed by atoms with Gasteiger partial charge >= 0.3 is 0 Å². The van der Waals surface area contributed by atoms with Crippen LogP contribution in [0.5, 0.6) is 11.8 Å². The molecule has 3 rings (SSSR count). The summed E-state index contributed by atoms with van der Waals surface area (Å²) in [6.45, 7) is 1.08. The molecule has 8 nitrogen and oxygen atoms in total. The van der Waals surface area contributed by atoms with E-state index in [9.17, 15) is 9.59 Å². The number of amides is 1. The van der Waals surface area contributed by atoms with Crippen molar-refractivity contribution in [3.05, 3.63) is 46.4 Å². The highest BCUT2D eigenvalue weighted by atomic mass is 16.5. The van der Waals surface area contributed by atoms with E-state index in [0.717, 1.165) is 12.8 Å². The largest absolute Gasteiger partial charge is 0.480 e. The van der Waals surface area contributed by atoms with Crippen molar-refractivity contribution in [1.29, 1.82) is 0 Å². The first-order valence-electron chi connectivity index (χ1n) is 7.68. The molecule has 0 spiro atoms. The van der Waals surface area contributed by atoms with Crippen LogP contribution in [0.1, 0.15) is 23.2 Å². The maximum Gasteiger partial charge on any atom is 0.254 e. The molecular formula is C16H18N4O4. The number of piperidine rings is 1. The number of H-pyrrole nitrogens is 1. The molecule has 0 aliphatic carbocycles. The maximum absolute atomic E-state index is 12.5. The van der Waals surface area contributed by atoms with Gasteiger partial charge in [0.15, 0.2) is 0 Å². The summed E-state index contributed by atoms with van der Waals surface area (Å²) in [5.41, 5.74) is 0.0859. The van der Waals surface area contributed by atoms with Crippen molar-refractivity contribution in [2.24, 2.45) is 0 Å². The van der Waals surface area contributed by atoms with E-state index in [1.165, 1.54) is 19.4 Å². The number of hydrogen-bond donors (Lipinski definition) is 1. The Bertz CT molecular complexity index is 759. The van der Waals surface area contributed by atoms with E-state index in [-0.39, 0.29) is 17.6 Å². The minimum atomic E-state index is -0.292. The van der Waals surface area contributed by atoms with Crippen molar-refractivity contribution in [2.75, 3.05) is 20.2 Å². The third-order valence-electron chi connectivity index (χ3n) is 3.80. The van der Waals surface area contributed by atoms with Crippen LogP contribution in [0.25, 0.3) is 0 Å². The molecule has 1 N–H and O–H groups in total. The standard InChI is InChI=1S/C16H18N4O4/c1-23-14-4-5-15(19-18-14)24-12-3-2-8-20(10-12)16(22)11-6-7-17-13(21)9-11/h4-7,9,12H,2-3,8,10H2,1H3,(H,17,21). The summed E-state index contributed by atoms with van der Waals surface area (Å²) in [5, 5.41) is 7.80. The van der Waals surface area contributed by atoms with Gasteiger partial charge in [0.1, 0.15) is 6.10 Å². The monoisotopic (exact) mass is 330 g/mol. The smallest absolute Gasteiger partial charge is 0.254 e. The van der Waals surface area contributed by atoms with Crippen molar-refractivity contribution in [2.45, 2.75) is 18.9 Å². The zero-order valence-corrected chi connectivity index (χ0v) is 13.3. The van der Waals surface area contributed by atoms with Crippen LogP contribution in [0, 0.1) is 0 Å². The third-order valence-corrected chi connectivity index (χ3v) is 3.80. The normalized spacial score (nSPS) is 17.4. The highest BCUT2D eigenvalue weighted by molar-refractivity contribution is 5.94. The average molecular weight is 330 g/mol. The molecule has 1 aliphatic rings. The van der Waals surface area contributed by atoms with Gasteiger partial charge < -0.3 is 19.4 Å². The quantitative estimate of drug-likeness (QED) is 0.893. The molecule has 2 aromatic rings. The summed E-state index contributed by atoms with van der Waals surface area (Å²) in [7, 11) is 1.52. The van der Waals surface area contributed by atoms with Gasteiger partial charge in [0.2, 0.25) is 17.3 Å². The van der Waals surface area contributed by atoms with Crippen molar-refractivity contribution in [1.82, 2.24) is 20.1 Å². The lowest BCUT2D eigenvalue weighted by molar-refractivity contribution is 0.0525. The summed E-state index contributed by atoms with van der Waals surface area (Å²) in [4.78, 5) is 28.1. The maximum atomic E-state index is 12.5. The summed E-state index contributed by atoms with van der Waals surface area (Å²) in [6, 6.07) is 6.26. The summed E-state index contributed by atoms with van der Waals surface area (Å²) < 4.78 is 10.8. The highest BCUT2D eigenvalue weighted by Crippen LogP contribution is 2.18. The molecule has 1 atom stereocenters. The Balaban J connectivity index is 1.65. The molecule has 126 valence electrons. The van der Waals surface area contributed by atoms with Gasteiger partial charge in [0.05, 0.1) is 13.7 Å². The van der Waals surface area contributed by atoms with Crippen molar-refractivity contribution < 1.29 is 14.3 Å². The molecule has 1 saturated heterocycles. The van der Waals surface area contributed by atoms with Gasteiger partial charge in [0.25, 0.3) is 5.91 Å². The third kappa shape index (κ3) is 3.70. The molecule has 1 unspecified atom stereocenters. The first kappa shape index (κ1) is 16.0. The van der Waals surface area contributed by atoms with Gasteiger partial charge in [-0.2, -0.15) is 0 Å². The van der Waals surface area contributed by atoms with Gasteiger partial charge in [-0.3, -0.25) is 9.59 Å². The lowest BCUT2D eigenvalue weighted by Gasteiger charge is -2.32. The van der Waals surface area contributed by atoms with Gasteiger partial charge in [-0.25, -0.2) is 0 Å². The number of rotatable bonds is 4. The number of methoxy groups -OCH3 is 1. The number of carbonyl (C=O) groups is 1. The predicted octanol–water partition coefficient (Wildman–Crippen LogP) is 0.857. The van der Waals surface area contributed by atoms with E-state index in [4.69, 9.17) is 9.47 Å². The molecule has 1 amide bonds. The van der Waals surface area contributed by atoms with Crippen LogP contribution in [-0.4, -0.2) is 52.3 Å². The Labute approximate surface area is 138 Å². The van der Waals surface area contributed by atoms with Crippen LogP contribution in [0.3, 0.4) is 0 Å². The topological polar surface area (TPSA) is 97.4 Å². The van der Waals surface area contributed by atoms with E-state index in [1.54, 1.807) is 23.1 Å². The second-order valence-corrected chi connectivity index (χ2v) is 5.49. The van der Waals surface area contributed by atoms with Crippen LogP contribution in [0.4, 0.5) is 0 Å². The fourth-order valence-electron chi connectivity index (χ4n) is 2.63. The number of nitrogens with one attached hydrogen (secondary N) is 1. The number of carbonyl (C=O) groups excluding carboxylic acids is 1. The van der Waals surface area contributed by atoms with Crippen molar-refractivity contribution in [3.63, 3.8) is 0 Å². The number of ether oxygens (including phenoxy) is 2. The second-order valence-electron chi connectivity index (χ2n) is 5.49. The zero-order chi connectivity index (χ0) is 16.9. The number of hydrogen-bond acceptors (Lipinski definition) is 6. The molecule has 0 saturated carbocycles. The molecule has 1 aliphatic heterocycles. The molecule has 8 heteroatoms. The molecule has 0 bridgehead atoms. The Morgan fingerprint density at radius 1 is 1.29 bits per heavy atom. The molecule has 0 aromatic carbocycles. The average Bonchev–Trinajstić information content (AvgIpc) is 2.62. The first-order valence-corrected chi connectivity index (χ1v) is 7.68. The first-order chi connectivity index (χ1) is 11.7. The van der Waals surface area contributed by atoms with E-state index < -0.39 is 0 Å². The number of nitrogens with zero attached hydrogens (tertiary/aromatic N) is 3. The van der Waals surface area contributed by atoms with Gasteiger partial charge in [-0.15, -0.1) is 10.2 Å². The van der Waals surface area contributed by atoms with Crippen LogP contribution >= 0.6 is 0 Å². The molecule has 2 aromatic heterocycles. The lowest BCUT2D eigenvalue weighted by atomic mass is 10.1. The van der Waals surface area contributed by atoms with Gasteiger partial charge in [-0.05, 0) is 18.9 Å². The molecule has 3 heterocycles. The van der Waals surface area contributed by atoms with Gasteiger partial charge in [-0.1, -0.05) is 0 Å². The van der Waals surface area contributed by atoms with Crippen LogP contribution in [0.15, 0.2) is 35.3 Å². The molecule has 0 radical (unpaired) electrons. The predicted molar refractivity (Wildman–Crippen MR) is 85.2 cm³/mol. The number of aromatic amines is 1. The van der Waals surface area contributed by atoms with Gasteiger partial charge in [0, 0.05) is 36.5 Å². The molecule has 1 fully saturated rings. The van der Waals surface area contributed by atoms with Crippen LogP contribution in [-0.2, 0) is 0 Å². The van der Waals surface area contributed by atoms with E-state index in [2.05, 4.69) is 15.2 Å². The van der Waals surface area contributed by atoms with E-state index in [0.29, 0.717) is 30.4 Å². The Morgan fingerprint density at radius 2 is 2.08 bits per heavy atom. The Morgan fingerprint density at radius 3 is 2.79 bits per heavy atom. The fourth-order valence-corrected chi connectivity index (χ4v) is 2.63. The Kier molecular flexibility index (Phi) is 4.74. The van der Waals surface area contributed by atoms with Crippen molar-refractivity contribution in [3.8, 4) is 11.8 Å². The van der Waals surface area contributed by atoms with Crippen molar-refractivity contribution >= 4 is 5.91 Å². The zero-order valence-electron chi connectivity index (χ0n) is 13.3. The second kappa shape index (κ2) is 7.12. The summed E-state index contributed by atoms with van der Waals surface area (Å²) >= 11 is 0. The number of aromatic nitrogens is 3. The van der Waals surface area contributed by atoms with Crippen LogP contribution < -0.4 is 15.0 Å². The van der Waals surface area contributed by atoms with Crippen LogP contribution in [0.2, 0.25) is 0 Å². The summed E-state index contributed by atoms with van der Waals surface area (Å²) in [6.07, 6.45) is 2.96. The van der Waals surface area contributed by atoms with E-state index >= 15 is 0 Å². The lowest BCUT2D eigenvalue weighted by Crippen LogP contribution is -2.44. The van der Waals surface area contributed by atoms with E-state index in [1.807, 2.05) is 0 Å². The summed E-state index contributed by atoms with van der Waals surface area (Å²) in [5.74, 6) is 0.638. The fraction of sp³-hybridized carbons (Fsp3) is 0.375. The minimum Gasteiger partial charge on any atom is -0.480 e. The number of likely N-dealkylation sites (tertiary alicyclic amines) is 1. The minimum absolute atomic E-state index is 0.160. The molecule has 24 heavy (non-hydrogen) atoms. The number of pyridine rings is 1. The molecular weight excluding hydrogens is 312 g/mol. The highest BCUT2D eigenvalue weighted by Gasteiger charge is 2.26.